The quantitative estimate of drug-likeness (QED) is 0.829. The van der Waals surface area contributed by atoms with Crippen molar-refractivity contribution in [1.29, 1.82) is 0 Å². The van der Waals surface area contributed by atoms with Gasteiger partial charge in [-0.3, -0.25) is 0 Å². The first-order valence-corrected chi connectivity index (χ1v) is 10.0. The summed E-state index contributed by atoms with van der Waals surface area (Å²) in [5.41, 5.74) is 1.14. The van der Waals surface area contributed by atoms with E-state index in [9.17, 15) is 12.8 Å². The van der Waals surface area contributed by atoms with Gasteiger partial charge in [-0.15, -0.1) is 0 Å². The van der Waals surface area contributed by atoms with Crippen molar-refractivity contribution in [1.82, 2.24) is 9.62 Å². The zero-order valence-electron chi connectivity index (χ0n) is 14.0. The molecule has 6 heteroatoms. The molecular formula is C17H27FN2O2S. The molecule has 0 aliphatic carbocycles. The SMILES string of the molecule is CCCS(=O)(=O)NC1CCN(C[C@@H](C)c2ccc(F)cc2)CC1. The lowest BCUT2D eigenvalue weighted by Gasteiger charge is -2.33. The Balaban J connectivity index is 1.79. The van der Waals surface area contributed by atoms with E-state index < -0.39 is 10.0 Å². The molecule has 1 N–H and O–H groups in total. The highest BCUT2D eigenvalue weighted by Crippen LogP contribution is 2.20. The largest absolute Gasteiger partial charge is 0.303 e. The van der Waals surface area contributed by atoms with Crippen molar-refractivity contribution in [2.75, 3.05) is 25.4 Å². The number of rotatable bonds is 7. The van der Waals surface area contributed by atoms with Crippen LogP contribution in [-0.4, -0.2) is 44.7 Å². The number of halogens is 1. The molecule has 1 aromatic rings. The summed E-state index contributed by atoms with van der Waals surface area (Å²) in [6.07, 6.45) is 2.33. The molecule has 0 radical (unpaired) electrons. The molecule has 0 saturated carbocycles. The summed E-state index contributed by atoms with van der Waals surface area (Å²) in [6, 6.07) is 6.74. The Morgan fingerprint density at radius 1 is 1.26 bits per heavy atom. The zero-order valence-corrected chi connectivity index (χ0v) is 14.8. The number of hydrogen-bond donors (Lipinski definition) is 1. The maximum atomic E-state index is 13.0. The molecule has 1 fully saturated rings. The van der Waals surface area contributed by atoms with Crippen molar-refractivity contribution in [2.24, 2.45) is 0 Å². The lowest BCUT2D eigenvalue weighted by atomic mass is 9.98. The number of nitrogens with one attached hydrogen (secondary N) is 1. The number of hydrogen-bond acceptors (Lipinski definition) is 3. The lowest BCUT2D eigenvalue weighted by Crippen LogP contribution is -2.45. The fourth-order valence-corrected chi connectivity index (χ4v) is 4.50. The van der Waals surface area contributed by atoms with Gasteiger partial charge in [0.15, 0.2) is 0 Å². The van der Waals surface area contributed by atoms with Gasteiger partial charge >= 0.3 is 0 Å². The second kappa shape index (κ2) is 8.22. The molecule has 23 heavy (non-hydrogen) atoms. The summed E-state index contributed by atoms with van der Waals surface area (Å²) in [5.74, 6) is 0.333. The molecule has 1 aliphatic heterocycles. The van der Waals surface area contributed by atoms with E-state index in [0.717, 1.165) is 38.0 Å². The Labute approximate surface area is 139 Å². The second-order valence-corrected chi connectivity index (χ2v) is 8.34. The number of nitrogens with zero attached hydrogens (tertiary/aromatic N) is 1. The van der Waals surface area contributed by atoms with E-state index in [4.69, 9.17) is 0 Å². The highest BCUT2D eigenvalue weighted by atomic mass is 32.2. The maximum Gasteiger partial charge on any atom is 0.211 e. The first-order valence-electron chi connectivity index (χ1n) is 8.37. The van der Waals surface area contributed by atoms with Crippen molar-refractivity contribution in [3.8, 4) is 0 Å². The Morgan fingerprint density at radius 2 is 1.87 bits per heavy atom. The van der Waals surface area contributed by atoms with Gasteiger partial charge in [-0.25, -0.2) is 17.5 Å². The molecule has 0 unspecified atom stereocenters. The Morgan fingerprint density at radius 3 is 2.43 bits per heavy atom. The number of benzene rings is 1. The van der Waals surface area contributed by atoms with Crippen LogP contribution >= 0.6 is 0 Å². The van der Waals surface area contributed by atoms with Crippen LogP contribution in [0, 0.1) is 5.82 Å². The van der Waals surface area contributed by atoms with Gasteiger partial charge in [0, 0.05) is 12.6 Å². The predicted octanol–water partition coefficient (Wildman–Crippen LogP) is 2.72. The summed E-state index contributed by atoms with van der Waals surface area (Å²) in [4.78, 5) is 2.36. The van der Waals surface area contributed by atoms with Crippen LogP contribution in [0.15, 0.2) is 24.3 Å². The third-order valence-corrected chi connectivity index (χ3v) is 6.02. The summed E-state index contributed by atoms with van der Waals surface area (Å²) in [5, 5.41) is 0. The van der Waals surface area contributed by atoms with E-state index in [2.05, 4.69) is 16.5 Å². The molecule has 4 nitrogen and oxygen atoms in total. The standard InChI is InChI=1S/C17H27FN2O2S/c1-3-12-23(21,22)19-17-8-10-20(11-9-17)13-14(2)15-4-6-16(18)7-5-15/h4-7,14,17,19H,3,8-13H2,1-2H3/t14-/m1/s1. The van der Waals surface area contributed by atoms with Gasteiger partial charge in [-0.2, -0.15) is 0 Å². The van der Waals surface area contributed by atoms with Crippen LogP contribution in [-0.2, 0) is 10.0 Å². The second-order valence-electron chi connectivity index (χ2n) is 6.46. The summed E-state index contributed by atoms with van der Waals surface area (Å²) >= 11 is 0. The smallest absolute Gasteiger partial charge is 0.211 e. The fraction of sp³-hybridized carbons (Fsp3) is 0.647. The summed E-state index contributed by atoms with van der Waals surface area (Å²) in [6.45, 7) is 6.72. The Bertz CT molecular complexity index is 581. The van der Waals surface area contributed by atoms with E-state index >= 15 is 0 Å². The van der Waals surface area contributed by atoms with Gasteiger partial charge in [0.25, 0.3) is 0 Å². The maximum absolute atomic E-state index is 13.0. The van der Waals surface area contributed by atoms with E-state index in [1.165, 1.54) is 12.1 Å². The molecule has 0 bridgehead atoms. The first-order chi connectivity index (χ1) is 10.9. The van der Waals surface area contributed by atoms with E-state index in [0.29, 0.717) is 12.3 Å². The zero-order chi connectivity index (χ0) is 16.9. The fourth-order valence-electron chi connectivity index (χ4n) is 3.10. The molecule has 1 atom stereocenters. The van der Waals surface area contributed by atoms with Gasteiger partial charge < -0.3 is 4.90 Å². The lowest BCUT2D eigenvalue weighted by molar-refractivity contribution is 0.199. The average Bonchev–Trinajstić information content (AvgIpc) is 2.49. The van der Waals surface area contributed by atoms with Gasteiger partial charge in [0.05, 0.1) is 5.75 Å². The Hall–Kier alpha value is -0.980. The highest BCUT2D eigenvalue weighted by Gasteiger charge is 2.24. The third-order valence-electron chi connectivity index (χ3n) is 4.38. The first kappa shape index (κ1) is 18.4. The average molecular weight is 342 g/mol. The molecule has 1 heterocycles. The van der Waals surface area contributed by atoms with Crippen LogP contribution in [0.2, 0.25) is 0 Å². The van der Waals surface area contributed by atoms with Crippen molar-refractivity contribution >= 4 is 10.0 Å². The molecule has 1 saturated heterocycles. The van der Waals surface area contributed by atoms with Crippen LogP contribution in [0.4, 0.5) is 4.39 Å². The summed E-state index contributed by atoms with van der Waals surface area (Å²) in [7, 11) is -3.12. The minimum Gasteiger partial charge on any atom is -0.303 e. The molecule has 0 amide bonds. The monoisotopic (exact) mass is 342 g/mol. The van der Waals surface area contributed by atoms with Crippen molar-refractivity contribution < 1.29 is 12.8 Å². The third kappa shape index (κ3) is 5.86. The van der Waals surface area contributed by atoms with Crippen molar-refractivity contribution in [3.05, 3.63) is 35.6 Å². The van der Waals surface area contributed by atoms with Crippen molar-refractivity contribution in [2.45, 2.75) is 45.1 Å². The van der Waals surface area contributed by atoms with Gasteiger partial charge in [-0.1, -0.05) is 26.0 Å². The minimum absolute atomic E-state index is 0.0592. The molecule has 1 aliphatic rings. The van der Waals surface area contributed by atoms with Crippen LogP contribution < -0.4 is 4.72 Å². The van der Waals surface area contributed by atoms with Crippen molar-refractivity contribution in [3.63, 3.8) is 0 Å². The molecule has 0 aromatic heterocycles. The topological polar surface area (TPSA) is 49.4 Å². The van der Waals surface area contributed by atoms with Gasteiger partial charge in [0.1, 0.15) is 5.82 Å². The van der Waals surface area contributed by atoms with Crippen LogP contribution in [0.25, 0.3) is 0 Å². The number of sulfonamides is 1. The molecule has 1 aromatic carbocycles. The van der Waals surface area contributed by atoms with E-state index in [1.807, 2.05) is 19.1 Å². The van der Waals surface area contributed by atoms with Crippen LogP contribution in [0.3, 0.4) is 0 Å². The number of piperidine rings is 1. The summed E-state index contributed by atoms with van der Waals surface area (Å²) < 4.78 is 39.4. The minimum atomic E-state index is -3.12. The van der Waals surface area contributed by atoms with Gasteiger partial charge in [0.2, 0.25) is 10.0 Å². The molecule has 2 rings (SSSR count). The van der Waals surface area contributed by atoms with E-state index in [1.54, 1.807) is 0 Å². The number of likely N-dealkylation sites (tertiary alicyclic amines) is 1. The normalized spacial score (nSPS) is 18.9. The van der Waals surface area contributed by atoms with Crippen LogP contribution in [0.1, 0.15) is 44.6 Å². The Kier molecular flexibility index (Phi) is 6.56. The van der Waals surface area contributed by atoms with Crippen LogP contribution in [0.5, 0.6) is 0 Å². The molecule has 0 spiro atoms. The predicted molar refractivity (Wildman–Crippen MR) is 91.5 cm³/mol. The molecule has 130 valence electrons. The van der Waals surface area contributed by atoms with Gasteiger partial charge in [-0.05, 0) is 56.0 Å². The van der Waals surface area contributed by atoms with E-state index in [-0.39, 0.29) is 17.6 Å². The highest BCUT2D eigenvalue weighted by molar-refractivity contribution is 7.89. The molecular weight excluding hydrogens is 315 g/mol.